The number of thioether (sulfide) groups is 1. The first kappa shape index (κ1) is 16.1. The van der Waals surface area contributed by atoms with Crippen LogP contribution in [0.2, 0.25) is 0 Å². The molecule has 0 radical (unpaired) electrons. The molecule has 0 aliphatic heterocycles. The number of hydrogen-bond acceptors (Lipinski definition) is 5. The summed E-state index contributed by atoms with van der Waals surface area (Å²) in [4.78, 5) is 12.7. The molecule has 1 N–H and O–H groups in total. The average molecular weight is 343 g/mol. The van der Waals surface area contributed by atoms with Crippen LogP contribution in [-0.2, 0) is 11.8 Å². The molecule has 122 valence electrons. The molecule has 0 aliphatic rings. The van der Waals surface area contributed by atoms with E-state index in [1.165, 1.54) is 40.7 Å². The molecular formula is C16H14FN5OS. The molecule has 2 aromatic carbocycles. The highest BCUT2D eigenvalue weighted by molar-refractivity contribution is 8.00. The average Bonchev–Trinajstić information content (AvgIpc) is 3.00. The number of carbonyl (C=O) groups is 1. The Labute approximate surface area is 142 Å². The van der Waals surface area contributed by atoms with Crippen LogP contribution in [0.15, 0.2) is 59.8 Å². The fourth-order valence-electron chi connectivity index (χ4n) is 2.07. The van der Waals surface area contributed by atoms with E-state index in [2.05, 4.69) is 20.8 Å². The monoisotopic (exact) mass is 343 g/mol. The summed E-state index contributed by atoms with van der Waals surface area (Å²) in [5, 5.41) is 14.1. The number of rotatable bonds is 5. The van der Waals surface area contributed by atoms with Crippen LogP contribution < -0.4 is 5.32 Å². The summed E-state index contributed by atoms with van der Waals surface area (Å²) in [5.41, 5.74) is 1.35. The Hall–Kier alpha value is -2.74. The molecule has 0 bridgehead atoms. The van der Waals surface area contributed by atoms with E-state index < -0.39 is 5.25 Å². The topological polar surface area (TPSA) is 72.7 Å². The van der Waals surface area contributed by atoms with Crippen LogP contribution in [0, 0.1) is 5.82 Å². The molecule has 6 nitrogen and oxygen atoms in total. The molecule has 1 amide bonds. The normalized spacial score (nSPS) is 11.9. The third kappa shape index (κ3) is 3.77. The lowest BCUT2D eigenvalue weighted by atomic mass is 10.1. The van der Waals surface area contributed by atoms with Gasteiger partial charge in [0.25, 0.3) is 0 Å². The molecule has 1 heterocycles. The number of nitrogens with zero attached hydrogens (tertiary/aromatic N) is 4. The van der Waals surface area contributed by atoms with Crippen LogP contribution in [0.4, 0.5) is 10.1 Å². The van der Waals surface area contributed by atoms with Crippen LogP contribution in [0.5, 0.6) is 0 Å². The minimum Gasteiger partial charge on any atom is -0.325 e. The summed E-state index contributed by atoms with van der Waals surface area (Å²) in [6, 6.07) is 15.0. The molecule has 0 saturated heterocycles. The highest BCUT2D eigenvalue weighted by Gasteiger charge is 2.24. The van der Waals surface area contributed by atoms with Gasteiger partial charge in [0.15, 0.2) is 0 Å². The zero-order valence-electron chi connectivity index (χ0n) is 12.8. The van der Waals surface area contributed by atoms with Crippen molar-refractivity contribution >= 4 is 23.4 Å². The number of nitrogens with one attached hydrogen (secondary N) is 1. The molecule has 3 rings (SSSR count). The second-order valence-electron chi connectivity index (χ2n) is 4.99. The molecule has 0 saturated carbocycles. The largest absolute Gasteiger partial charge is 0.325 e. The number of benzene rings is 2. The van der Waals surface area contributed by atoms with E-state index in [-0.39, 0.29) is 11.7 Å². The number of halogens is 1. The summed E-state index contributed by atoms with van der Waals surface area (Å²) < 4.78 is 14.5. The summed E-state index contributed by atoms with van der Waals surface area (Å²) in [6.07, 6.45) is 0. The van der Waals surface area contributed by atoms with Gasteiger partial charge in [0.1, 0.15) is 11.1 Å². The van der Waals surface area contributed by atoms with Crippen molar-refractivity contribution in [2.75, 3.05) is 5.32 Å². The Morgan fingerprint density at radius 1 is 1.17 bits per heavy atom. The van der Waals surface area contributed by atoms with Gasteiger partial charge in [-0.1, -0.05) is 42.1 Å². The van der Waals surface area contributed by atoms with E-state index in [4.69, 9.17) is 0 Å². The third-order valence-electron chi connectivity index (χ3n) is 3.26. The van der Waals surface area contributed by atoms with Gasteiger partial charge in [-0.05, 0) is 40.3 Å². The van der Waals surface area contributed by atoms with Crippen LogP contribution in [0.1, 0.15) is 10.8 Å². The Bertz CT molecular complexity index is 822. The van der Waals surface area contributed by atoms with Gasteiger partial charge in [0.2, 0.25) is 11.1 Å². The number of aromatic nitrogens is 4. The first-order valence-corrected chi connectivity index (χ1v) is 8.02. The van der Waals surface area contributed by atoms with E-state index in [9.17, 15) is 9.18 Å². The van der Waals surface area contributed by atoms with Crippen molar-refractivity contribution < 1.29 is 9.18 Å². The van der Waals surface area contributed by atoms with Gasteiger partial charge in [-0.3, -0.25) is 4.79 Å². The quantitative estimate of drug-likeness (QED) is 0.721. The van der Waals surface area contributed by atoms with Gasteiger partial charge in [0.05, 0.1) is 0 Å². The van der Waals surface area contributed by atoms with Crippen molar-refractivity contribution in [1.29, 1.82) is 0 Å². The van der Waals surface area contributed by atoms with Gasteiger partial charge >= 0.3 is 0 Å². The first-order valence-electron chi connectivity index (χ1n) is 7.14. The lowest BCUT2D eigenvalue weighted by Crippen LogP contribution is -2.19. The van der Waals surface area contributed by atoms with Crippen molar-refractivity contribution in [2.45, 2.75) is 10.4 Å². The number of tetrazole rings is 1. The Balaban J connectivity index is 1.85. The minimum atomic E-state index is -0.541. The first-order chi connectivity index (χ1) is 11.6. The third-order valence-corrected chi connectivity index (χ3v) is 4.54. The van der Waals surface area contributed by atoms with Crippen LogP contribution in [-0.4, -0.2) is 26.1 Å². The van der Waals surface area contributed by atoms with Crippen molar-refractivity contribution in [1.82, 2.24) is 20.2 Å². The standard InChI is InChI=1S/C16H14FN5OS/c1-22-16(19-20-21-22)24-14(11-5-3-2-4-6-11)15(23)18-13-9-7-12(17)8-10-13/h2-10,14H,1H3,(H,18,23)/t14-/m1/s1. The molecule has 0 fully saturated rings. The second kappa shape index (κ2) is 7.22. The molecule has 3 aromatic rings. The van der Waals surface area contributed by atoms with Gasteiger partial charge < -0.3 is 5.32 Å². The number of amides is 1. The number of hydrogen-bond donors (Lipinski definition) is 1. The van der Waals surface area contributed by atoms with E-state index in [0.29, 0.717) is 10.8 Å². The fraction of sp³-hybridized carbons (Fsp3) is 0.125. The molecule has 8 heteroatoms. The molecule has 0 spiro atoms. The number of carbonyl (C=O) groups excluding carboxylic acids is 1. The number of anilines is 1. The molecule has 0 aliphatic carbocycles. The summed E-state index contributed by atoms with van der Waals surface area (Å²) >= 11 is 1.25. The van der Waals surface area contributed by atoms with E-state index in [1.54, 1.807) is 7.05 Å². The van der Waals surface area contributed by atoms with Crippen LogP contribution >= 0.6 is 11.8 Å². The molecule has 1 aromatic heterocycles. The highest BCUT2D eigenvalue weighted by Crippen LogP contribution is 2.34. The molecule has 24 heavy (non-hydrogen) atoms. The Morgan fingerprint density at radius 2 is 1.88 bits per heavy atom. The van der Waals surface area contributed by atoms with E-state index in [0.717, 1.165) is 5.56 Å². The minimum absolute atomic E-state index is 0.235. The highest BCUT2D eigenvalue weighted by atomic mass is 32.2. The molecular weight excluding hydrogens is 329 g/mol. The predicted molar refractivity (Wildman–Crippen MR) is 88.9 cm³/mol. The van der Waals surface area contributed by atoms with Crippen molar-refractivity contribution in [3.63, 3.8) is 0 Å². The van der Waals surface area contributed by atoms with Gasteiger partial charge in [-0.2, -0.15) is 0 Å². The van der Waals surface area contributed by atoms with E-state index in [1.807, 2.05) is 30.3 Å². The maximum atomic E-state index is 13.0. The summed E-state index contributed by atoms with van der Waals surface area (Å²) in [5.74, 6) is -0.590. The molecule has 1 atom stereocenters. The Kier molecular flexibility index (Phi) is 4.85. The zero-order valence-corrected chi connectivity index (χ0v) is 13.6. The van der Waals surface area contributed by atoms with Crippen molar-refractivity contribution in [3.8, 4) is 0 Å². The number of aryl methyl sites for hydroxylation is 1. The van der Waals surface area contributed by atoms with Gasteiger partial charge in [-0.15, -0.1) is 5.10 Å². The summed E-state index contributed by atoms with van der Waals surface area (Å²) in [6.45, 7) is 0. The predicted octanol–water partition coefficient (Wildman–Crippen LogP) is 2.82. The van der Waals surface area contributed by atoms with Gasteiger partial charge in [0, 0.05) is 12.7 Å². The molecule has 0 unspecified atom stereocenters. The maximum Gasteiger partial charge on any atom is 0.242 e. The van der Waals surface area contributed by atoms with Crippen LogP contribution in [0.25, 0.3) is 0 Å². The second-order valence-corrected chi connectivity index (χ2v) is 6.06. The van der Waals surface area contributed by atoms with Crippen LogP contribution in [0.3, 0.4) is 0 Å². The lowest BCUT2D eigenvalue weighted by Gasteiger charge is -2.16. The lowest BCUT2D eigenvalue weighted by molar-refractivity contribution is -0.115. The summed E-state index contributed by atoms with van der Waals surface area (Å²) in [7, 11) is 1.71. The SMILES string of the molecule is Cn1nnnc1S[C@@H](C(=O)Nc1ccc(F)cc1)c1ccccc1. The van der Waals surface area contributed by atoms with Crippen molar-refractivity contribution in [2.24, 2.45) is 7.05 Å². The zero-order chi connectivity index (χ0) is 16.9. The van der Waals surface area contributed by atoms with Crippen molar-refractivity contribution in [3.05, 3.63) is 66.0 Å². The Morgan fingerprint density at radius 3 is 2.50 bits per heavy atom. The van der Waals surface area contributed by atoms with E-state index >= 15 is 0 Å². The maximum absolute atomic E-state index is 13.0. The fourth-order valence-corrected chi connectivity index (χ4v) is 3.01. The smallest absolute Gasteiger partial charge is 0.242 e. The van der Waals surface area contributed by atoms with Gasteiger partial charge in [-0.25, -0.2) is 9.07 Å².